The van der Waals surface area contributed by atoms with E-state index in [1.54, 1.807) is 18.3 Å². The summed E-state index contributed by atoms with van der Waals surface area (Å²) in [6.45, 7) is 0. The van der Waals surface area contributed by atoms with Crippen LogP contribution in [0.3, 0.4) is 0 Å². The number of alkyl halides is 3. The van der Waals surface area contributed by atoms with Crippen molar-refractivity contribution in [2.75, 3.05) is 7.11 Å². The average Bonchev–Trinajstić information content (AvgIpc) is 3.08. The molecule has 10 heteroatoms. The molecule has 3 rings (SSSR count). The lowest BCUT2D eigenvalue weighted by atomic mass is 10.1. The fraction of sp³-hybridized carbons (Fsp3) is 0.125. The van der Waals surface area contributed by atoms with Gasteiger partial charge in [0.15, 0.2) is 17.2 Å². The minimum absolute atomic E-state index is 0.0586. The van der Waals surface area contributed by atoms with E-state index in [2.05, 4.69) is 15.0 Å². The largest absolute Gasteiger partial charge is 0.495 e. The molecular formula is C16H11F3N4O3. The molecule has 0 saturated heterocycles. The van der Waals surface area contributed by atoms with Crippen molar-refractivity contribution in [3.63, 3.8) is 0 Å². The fourth-order valence-electron chi connectivity index (χ4n) is 2.28. The number of aromatic amines is 1. The van der Waals surface area contributed by atoms with Crippen LogP contribution in [-0.4, -0.2) is 38.1 Å². The summed E-state index contributed by atoms with van der Waals surface area (Å²) in [5.41, 5.74) is -1.24. The molecule has 0 amide bonds. The zero-order valence-electron chi connectivity index (χ0n) is 13.2. The molecule has 0 unspecified atom stereocenters. The second-order valence-corrected chi connectivity index (χ2v) is 5.16. The first-order chi connectivity index (χ1) is 12.3. The number of carboxylic acids is 1. The van der Waals surface area contributed by atoms with Crippen molar-refractivity contribution < 1.29 is 27.8 Å². The zero-order valence-corrected chi connectivity index (χ0v) is 13.2. The van der Waals surface area contributed by atoms with Crippen LogP contribution in [0.1, 0.15) is 16.2 Å². The van der Waals surface area contributed by atoms with Gasteiger partial charge in [-0.05, 0) is 23.8 Å². The number of methoxy groups -OCH3 is 1. The van der Waals surface area contributed by atoms with E-state index >= 15 is 0 Å². The Labute approximate surface area is 144 Å². The van der Waals surface area contributed by atoms with Gasteiger partial charge in [-0.15, -0.1) is 0 Å². The number of halogens is 3. The van der Waals surface area contributed by atoms with Crippen LogP contribution in [0.4, 0.5) is 13.2 Å². The summed E-state index contributed by atoms with van der Waals surface area (Å²) < 4.78 is 44.1. The molecule has 0 atom stereocenters. The lowest BCUT2D eigenvalue weighted by Crippen LogP contribution is -2.12. The first-order valence-corrected chi connectivity index (χ1v) is 7.16. The van der Waals surface area contributed by atoms with Crippen LogP contribution in [0.5, 0.6) is 5.75 Å². The van der Waals surface area contributed by atoms with Crippen molar-refractivity contribution >= 4 is 5.97 Å². The number of pyridine rings is 2. The third-order valence-corrected chi connectivity index (χ3v) is 3.47. The maximum absolute atomic E-state index is 13.0. The first-order valence-electron chi connectivity index (χ1n) is 7.16. The van der Waals surface area contributed by atoms with E-state index in [9.17, 15) is 18.0 Å². The van der Waals surface area contributed by atoms with E-state index in [-0.39, 0.29) is 11.5 Å². The third kappa shape index (κ3) is 3.34. The molecule has 134 valence electrons. The summed E-state index contributed by atoms with van der Waals surface area (Å²) in [6, 6.07) is 4.80. The number of nitrogens with one attached hydrogen (secondary N) is 1. The van der Waals surface area contributed by atoms with Crippen LogP contribution in [0.2, 0.25) is 0 Å². The molecule has 0 aliphatic rings. The molecule has 0 saturated carbocycles. The Hall–Kier alpha value is -3.43. The van der Waals surface area contributed by atoms with Gasteiger partial charge < -0.3 is 14.8 Å². The summed E-state index contributed by atoms with van der Waals surface area (Å²) >= 11 is 0. The monoisotopic (exact) mass is 364 g/mol. The molecule has 0 bridgehead atoms. The van der Waals surface area contributed by atoms with Gasteiger partial charge in [0, 0.05) is 18.0 Å². The van der Waals surface area contributed by atoms with E-state index in [0.29, 0.717) is 16.9 Å². The lowest BCUT2D eigenvalue weighted by Gasteiger charge is -2.05. The van der Waals surface area contributed by atoms with Crippen molar-refractivity contribution in [2.24, 2.45) is 0 Å². The summed E-state index contributed by atoms with van der Waals surface area (Å²) in [4.78, 5) is 24.6. The van der Waals surface area contributed by atoms with Gasteiger partial charge in [-0.3, -0.25) is 9.97 Å². The standard InChI is InChI=1S/C16H11F3N4O3/c1-26-10-4-9(6-20-7-10)8-2-3-21-11(5-8)14-22-12(15(24)25)13(23-14)16(17,18)19/h2-7H,1H3,(H,22,23)(H,24,25). The minimum atomic E-state index is -4.88. The van der Waals surface area contributed by atoms with Crippen molar-refractivity contribution in [3.05, 3.63) is 48.2 Å². The van der Waals surface area contributed by atoms with Crippen molar-refractivity contribution in [1.82, 2.24) is 19.9 Å². The van der Waals surface area contributed by atoms with Crippen LogP contribution in [0.25, 0.3) is 22.6 Å². The highest BCUT2D eigenvalue weighted by molar-refractivity contribution is 5.88. The Morgan fingerprint density at radius 1 is 1.23 bits per heavy atom. The van der Waals surface area contributed by atoms with Crippen LogP contribution < -0.4 is 4.74 Å². The Kier molecular flexibility index (Phi) is 4.33. The summed E-state index contributed by atoms with van der Waals surface area (Å²) in [7, 11) is 1.48. The van der Waals surface area contributed by atoms with Gasteiger partial charge in [0.1, 0.15) is 11.4 Å². The second-order valence-electron chi connectivity index (χ2n) is 5.16. The predicted octanol–water partition coefficient (Wildman–Crippen LogP) is 3.26. The Balaban J connectivity index is 2.07. The summed E-state index contributed by atoms with van der Waals surface area (Å²) in [6.07, 6.45) is -0.450. The van der Waals surface area contributed by atoms with Gasteiger partial charge >= 0.3 is 12.1 Å². The normalized spacial score (nSPS) is 11.4. The van der Waals surface area contributed by atoms with Gasteiger partial charge in [-0.1, -0.05) is 0 Å². The number of hydrogen-bond donors (Lipinski definition) is 2. The van der Waals surface area contributed by atoms with Gasteiger partial charge in [0.25, 0.3) is 0 Å². The highest BCUT2D eigenvalue weighted by Gasteiger charge is 2.39. The maximum atomic E-state index is 13.0. The van der Waals surface area contributed by atoms with Crippen molar-refractivity contribution in [1.29, 1.82) is 0 Å². The molecule has 0 radical (unpaired) electrons. The first kappa shape index (κ1) is 17.4. The molecule has 3 aromatic heterocycles. The molecule has 26 heavy (non-hydrogen) atoms. The van der Waals surface area contributed by atoms with E-state index in [4.69, 9.17) is 9.84 Å². The SMILES string of the molecule is COc1cncc(-c2ccnc(-c3nc(C(=O)O)c(C(F)(F)F)[nH]3)c2)c1. The van der Waals surface area contributed by atoms with E-state index < -0.39 is 23.5 Å². The molecule has 0 aliphatic carbocycles. The number of aromatic carboxylic acids is 1. The van der Waals surface area contributed by atoms with Gasteiger partial charge in [-0.25, -0.2) is 9.78 Å². The number of nitrogens with zero attached hydrogens (tertiary/aromatic N) is 3. The summed E-state index contributed by atoms with van der Waals surface area (Å²) in [5, 5.41) is 8.95. The maximum Gasteiger partial charge on any atom is 0.433 e. The smallest absolute Gasteiger partial charge is 0.433 e. The number of aromatic nitrogens is 4. The number of ether oxygens (including phenoxy) is 1. The Morgan fingerprint density at radius 2 is 2.00 bits per heavy atom. The quantitative estimate of drug-likeness (QED) is 0.737. The van der Waals surface area contributed by atoms with E-state index in [1.165, 1.54) is 25.6 Å². The average molecular weight is 364 g/mol. The molecule has 0 aromatic carbocycles. The van der Waals surface area contributed by atoms with E-state index in [0.717, 1.165) is 0 Å². The molecule has 7 nitrogen and oxygen atoms in total. The van der Waals surface area contributed by atoms with Gasteiger partial charge in [0.2, 0.25) is 0 Å². The molecule has 2 N–H and O–H groups in total. The fourth-order valence-corrected chi connectivity index (χ4v) is 2.28. The van der Waals surface area contributed by atoms with Gasteiger partial charge in [0.05, 0.1) is 13.3 Å². The van der Waals surface area contributed by atoms with E-state index in [1.807, 2.05) is 4.98 Å². The van der Waals surface area contributed by atoms with Crippen LogP contribution in [-0.2, 0) is 6.18 Å². The van der Waals surface area contributed by atoms with Crippen LogP contribution in [0, 0.1) is 0 Å². The zero-order chi connectivity index (χ0) is 18.9. The van der Waals surface area contributed by atoms with Gasteiger partial charge in [-0.2, -0.15) is 13.2 Å². The lowest BCUT2D eigenvalue weighted by molar-refractivity contribution is -0.141. The molecule has 3 aromatic rings. The number of hydrogen-bond acceptors (Lipinski definition) is 5. The Morgan fingerprint density at radius 3 is 2.62 bits per heavy atom. The van der Waals surface area contributed by atoms with Crippen molar-refractivity contribution in [3.8, 4) is 28.4 Å². The third-order valence-electron chi connectivity index (χ3n) is 3.47. The topological polar surface area (TPSA) is 101 Å². The molecule has 0 aliphatic heterocycles. The number of imidazole rings is 1. The minimum Gasteiger partial charge on any atom is -0.495 e. The highest BCUT2D eigenvalue weighted by Crippen LogP contribution is 2.33. The second kappa shape index (κ2) is 6.47. The number of rotatable bonds is 4. The number of H-pyrrole nitrogens is 1. The number of carboxylic acid groups (broad SMARTS) is 1. The Bertz CT molecular complexity index is 969. The highest BCUT2D eigenvalue weighted by atomic mass is 19.4. The predicted molar refractivity (Wildman–Crippen MR) is 83.6 cm³/mol. The van der Waals surface area contributed by atoms with Crippen molar-refractivity contribution in [2.45, 2.75) is 6.18 Å². The molecule has 0 spiro atoms. The molecule has 3 heterocycles. The summed E-state index contributed by atoms with van der Waals surface area (Å²) in [5.74, 6) is -1.58. The molecule has 0 fully saturated rings. The molecular weight excluding hydrogens is 353 g/mol. The van der Waals surface area contributed by atoms with Crippen LogP contribution >= 0.6 is 0 Å². The number of carbonyl (C=O) groups is 1. The van der Waals surface area contributed by atoms with Crippen LogP contribution in [0.15, 0.2) is 36.8 Å².